The number of hydrogen-bond donors (Lipinski definition) is 1. The molecule has 0 fully saturated rings. The van der Waals surface area contributed by atoms with Crippen LogP contribution in [-0.4, -0.2) is 39.4 Å². The minimum Gasteiger partial charge on any atom is -0.384 e. The van der Waals surface area contributed by atoms with E-state index in [4.69, 9.17) is 10.5 Å². The molecule has 1 rings (SSSR count). The third-order valence-corrected chi connectivity index (χ3v) is 5.34. The summed E-state index contributed by atoms with van der Waals surface area (Å²) in [5.74, 6) is 1.54. The number of benzene rings is 1. The van der Waals surface area contributed by atoms with Crippen molar-refractivity contribution in [3.05, 3.63) is 29.8 Å². The summed E-state index contributed by atoms with van der Waals surface area (Å²) < 4.78 is 29.0. The zero-order valence-corrected chi connectivity index (χ0v) is 12.1. The molecule has 0 heterocycles. The van der Waals surface area contributed by atoms with E-state index in [9.17, 15) is 8.42 Å². The van der Waals surface area contributed by atoms with Crippen LogP contribution in [0.3, 0.4) is 0 Å². The Bertz CT molecular complexity index is 460. The van der Waals surface area contributed by atoms with E-state index in [0.717, 1.165) is 11.3 Å². The highest BCUT2D eigenvalue weighted by molar-refractivity contribution is 8.00. The average molecular weight is 289 g/mol. The Morgan fingerprint density at radius 2 is 2.11 bits per heavy atom. The number of rotatable bonds is 8. The first-order chi connectivity index (χ1) is 8.60. The van der Waals surface area contributed by atoms with Crippen molar-refractivity contribution < 1.29 is 13.2 Å². The highest BCUT2D eigenvalue weighted by atomic mass is 32.2. The third-order valence-electron chi connectivity index (χ3n) is 2.42. The van der Waals surface area contributed by atoms with Gasteiger partial charge in [-0.05, 0) is 17.7 Å². The van der Waals surface area contributed by atoms with Crippen molar-refractivity contribution in [1.82, 2.24) is 0 Å². The van der Waals surface area contributed by atoms with Crippen LogP contribution in [0.5, 0.6) is 0 Å². The third kappa shape index (κ3) is 4.97. The Morgan fingerprint density at radius 1 is 1.33 bits per heavy atom. The van der Waals surface area contributed by atoms with Crippen molar-refractivity contribution in [2.75, 3.05) is 31.0 Å². The first kappa shape index (κ1) is 15.5. The van der Waals surface area contributed by atoms with Crippen LogP contribution in [0.4, 0.5) is 0 Å². The zero-order chi connectivity index (χ0) is 13.4. The summed E-state index contributed by atoms with van der Waals surface area (Å²) in [4.78, 5) is 0.359. The van der Waals surface area contributed by atoms with Gasteiger partial charge in [0.2, 0.25) is 0 Å². The minimum absolute atomic E-state index is 0.148. The van der Waals surface area contributed by atoms with Crippen LogP contribution in [0.25, 0.3) is 0 Å². The molecule has 0 saturated carbocycles. The summed E-state index contributed by atoms with van der Waals surface area (Å²) in [6.07, 6.45) is 0. The lowest BCUT2D eigenvalue weighted by atomic mass is 10.2. The van der Waals surface area contributed by atoms with Crippen molar-refractivity contribution in [2.24, 2.45) is 5.73 Å². The van der Waals surface area contributed by atoms with E-state index in [1.807, 2.05) is 6.07 Å². The quantitative estimate of drug-likeness (QED) is 0.731. The van der Waals surface area contributed by atoms with Crippen LogP contribution in [0, 0.1) is 0 Å². The standard InChI is InChI=1S/C12H19NO3S2/c1-16-5-6-17-7-8-18(14,15)12-4-2-3-11(9-12)10-13/h2-4,9H,5-8,10,13H2,1H3. The predicted molar refractivity (Wildman–Crippen MR) is 75.6 cm³/mol. The highest BCUT2D eigenvalue weighted by Crippen LogP contribution is 2.14. The summed E-state index contributed by atoms with van der Waals surface area (Å²) in [6.45, 7) is 0.999. The molecule has 0 bridgehead atoms. The van der Waals surface area contributed by atoms with E-state index in [1.165, 1.54) is 0 Å². The van der Waals surface area contributed by atoms with Gasteiger partial charge in [-0.3, -0.25) is 0 Å². The van der Waals surface area contributed by atoms with Crippen LogP contribution in [-0.2, 0) is 21.1 Å². The lowest BCUT2D eigenvalue weighted by molar-refractivity contribution is 0.218. The molecule has 0 aliphatic rings. The predicted octanol–water partition coefficient (Wildman–Crippen LogP) is 1.30. The fourth-order valence-corrected chi connectivity index (χ4v) is 4.09. The average Bonchev–Trinajstić information content (AvgIpc) is 2.38. The largest absolute Gasteiger partial charge is 0.384 e. The van der Waals surface area contributed by atoms with Gasteiger partial charge in [0.15, 0.2) is 9.84 Å². The van der Waals surface area contributed by atoms with E-state index in [1.54, 1.807) is 37.1 Å². The molecule has 0 atom stereocenters. The van der Waals surface area contributed by atoms with Crippen molar-refractivity contribution in [1.29, 1.82) is 0 Å². The second kappa shape index (κ2) is 7.78. The maximum Gasteiger partial charge on any atom is 0.179 e. The molecule has 1 aromatic rings. The molecule has 0 aliphatic heterocycles. The molecule has 0 amide bonds. The molecular formula is C12H19NO3S2. The molecule has 2 N–H and O–H groups in total. The first-order valence-corrected chi connectivity index (χ1v) is 8.49. The number of thioether (sulfide) groups is 1. The summed E-state index contributed by atoms with van der Waals surface area (Å²) >= 11 is 1.58. The summed E-state index contributed by atoms with van der Waals surface area (Å²) in [6, 6.07) is 6.82. The molecule has 0 unspecified atom stereocenters. The molecular weight excluding hydrogens is 270 g/mol. The first-order valence-electron chi connectivity index (χ1n) is 5.68. The van der Waals surface area contributed by atoms with Gasteiger partial charge in [-0.2, -0.15) is 11.8 Å². The normalized spacial score (nSPS) is 11.7. The van der Waals surface area contributed by atoms with E-state index < -0.39 is 9.84 Å². The van der Waals surface area contributed by atoms with Crippen LogP contribution >= 0.6 is 11.8 Å². The summed E-state index contributed by atoms with van der Waals surface area (Å²) in [5.41, 5.74) is 6.34. The maximum atomic E-state index is 12.0. The van der Waals surface area contributed by atoms with Gasteiger partial charge in [-0.15, -0.1) is 0 Å². The van der Waals surface area contributed by atoms with Crippen LogP contribution in [0.1, 0.15) is 5.56 Å². The lowest BCUT2D eigenvalue weighted by Gasteiger charge is -2.06. The molecule has 18 heavy (non-hydrogen) atoms. The van der Waals surface area contributed by atoms with Gasteiger partial charge in [0.25, 0.3) is 0 Å². The van der Waals surface area contributed by atoms with E-state index in [-0.39, 0.29) is 5.75 Å². The molecule has 6 heteroatoms. The van der Waals surface area contributed by atoms with E-state index in [0.29, 0.717) is 23.8 Å². The molecule has 0 spiro atoms. The van der Waals surface area contributed by atoms with Gasteiger partial charge in [0.05, 0.1) is 17.3 Å². The number of methoxy groups -OCH3 is 1. The van der Waals surface area contributed by atoms with Gasteiger partial charge in [-0.25, -0.2) is 8.42 Å². The number of ether oxygens (including phenoxy) is 1. The fraction of sp³-hybridized carbons (Fsp3) is 0.500. The van der Waals surface area contributed by atoms with Gasteiger partial charge in [0, 0.05) is 25.2 Å². The van der Waals surface area contributed by atoms with Crippen molar-refractivity contribution in [3.8, 4) is 0 Å². The molecule has 102 valence electrons. The number of nitrogens with two attached hydrogens (primary N) is 1. The summed E-state index contributed by atoms with van der Waals surface area (Å²) in [7, 11) is -1.56. The van der Waals surface area contributed by atoms with Gasteiger partial charge < -0.3 is 10.5 Å². The molecule has 1 aromatic carbocycles. The summed E-state index contributed by atoms with van der Waals surface area (Å²) in [5, 5.41) is 0. The highest BCUT2D eigenvalue weighted by Gasteiger charge is 2.14. The SMILES string of the molecule is COCCSCCS(=O)(=O)c1cccc(CN)c1. The monoisotopic (exact) mass is 289 g/mol. The van der Waals surface area contributed by atoms with Crippen molar-refractivity contribution in [3.63, 3.8) is 0 Å². The molecule has 0 aromatic heterocycles. The zero-order valence-electron chi connectivity index (χ0n) is 10.5. The Labute approximate surface area is 113 Å². The topological polar surface area (TPSA) is 69.4 Å². The van der Waals surface area contributed by atoms with Gasteiger partial charge in [0.1, 0.15) is 0 Å². The van der Waals surface area contributed by atoms with Crippen LogP contribution in [0.2, 0.25) is 0 Å². The molecule has 0 saturated heterocycles. The Morgan fingerprint density at radius 3 is 2.78 bits per heavy atom. The second-order valence-corrected chi connectivity index (χ2v) is 7.11. The smallest absolute Gasteiger partial charge is 0.179 e. The van der Waals surface area contributed by atoms with Crippen LogP contribution in [0.15, 0.2) is 29.2 Å². The molecule has 0 aliphatic carbocycles. The maximum absolute atomic E-state index is 12.0. The molecule has 4 nitrogen and oxygen atoms in total. The van der Waals surface area contributed by atoms with Gasteiger partial charge >= 0.3 is 0 Å². The van der Waals surface area contributed by atoms with Crippen molar-refractivity contribution >= 4 is 21.6 Å². The number of hydrogen-bond acceptors (Lipinski definition) is 5. The Kier molecular flexibility index (Phi) is 6.70. The second-order valence-electron chi connectivity index (χ2n) is 3.78. The number of sulfone groups is 1. The van der Waals surface area contributed by atoms with E-state index in [2.05, 4.69) is 0 Å². The molecule has 0 radical (unpaired) electrons. The minimum atomic E-state index is -3.20. The Balaban J connectivity index is 2.57. The van der Waals surface area contributed by atoms with Gasteiger partial charge in [-0.1, -0.05) is 12.1 Å². The lowest BCUT2D eigenvalue weighted by Crippen LogP contribution is -2.10. The van der Waals surface area contributed by atoms with E-state index >= 15 is 0 Å². The Hall–Kier alpha value is -0.560. The van der Waals surface area contributed by atoms with Crippen LogP contribution < -0.4 is 5.73 Å². The van der Waals surface area contributed by atoms with Crippen molar-refractivity contribution in [2.45, 2.75) is 11.4 Å². The fourth-order valence-electron chi connectivity index (χ4n) is 1.40.